The Kier molecular flexibility index (Phi) is 9.43. The molecule has 24 heavy (non-hydrogen) atoms. The van der Waals surface area contributed by atoms with Gasteiger partial charge in [-0.3, -0.25) is 0 Å². The normalized spacial score (nSPS) is 10.9. The molecule has 0 aliphatic rings. The van der Waals surface area contributed by atoms with Crippen LogP contribution in [0.25, 0.3) is 0 Å². The number of hydrogen-bond acceptors (Lipinski definition) is 2. The SMILES string of the molecule is C=CC[Si-](CC=C)(CC=C)CCCc1ccc(COC(=O)Cl)cc1. The van der Waals surface area contributed by atoms with Gasteiger partial charge in [-0.15, -0.1) is 64.2 Å². The molecular weight excluding hydrogens is 336 g/mol. The number of ether oxygens (including phenoxy) is 1. The predicted molar refractivity (Wildman–Crippen MR) is 106 cm³/mol. The number of carbonyl (C=O) groups excluding carboxylic acids is 1. The van der Waals surface area contributed by atoms with Gasteiger partial charge in [-0.1, -0.05) is 30.7 Å². The average Bonchev–Trinajstić information content (AvgIpc) is 2.55. The fourth-order valence-corrected chi connectivity index (χ4v) is 7.02. The summed E-state index contributed by atoms with van der Waals surface area (Å²) in [6.07, 6.45) is 8.40. The molecule has 0 spiro atoms. The Morgan fingerprint density at radius 3 is 1.96 bits per heavy atom. The molecule has 0 aliphatic heterocycles. The summed E-state index contributed by atoms with van der Waals surface area (Å²) in [7, 11) is -1.41. The lowest BCUT2D eigenvalue weighted by molar-refractivity contribution is 0.167. The molecule has 0 aliphatic carbocycles. The van der Waals surface area contributed by atoms with E-state index >= 15 is 0 Å². The Labute approximate surface area is 151 Å². The molecule has 131 valence electrons. The van der Waals surface area contributed by atoms with E-state index in [1.54, 1.807) is 0 Å². The minimum Gasteiger partial charge on any atom is -0.449 e. The monoisotopic (exact) mass is 362 g/mol. The quantitative estimate of drug-likeness (QED) is 0.241. The van der Waals surface area contributed by atoms with Crippen molar-refractivity contribution in [3.63, 3.8) is 0 Å². The van der Waals surface area contributed by atoms with Gasteiger partial charge in [-0.25, -0.2) is 4.79 Å². The third-order valence-electron chi connectivity index (χ3n) is 4.28. The van der Waals surface area contributed by atoms with Crippen molar-refractivity contribution >= 4 is 25.1 Å². The number of benzene rings is 1. The number of hydrogen-bond donors (Lipinski definition) is 0. The summed E-state index contributed by atoms with van der Waals surface area (Å²) in [5.41, 5.74) is 1.48. The van der Waals surface area contributed by atoms with Crippen molar-refractivity contribution in [2.24, 2.45) is 0 Å². The van der Waals surface area contributed by atoms with E-state index in [0.29, 0.717) is 0 Å². The molecule has 0 N–H and O–H groups in total. The maximum Gasteiger partial charge on any atom is 0.404 e. The molecule has 0 heterocycles. The number of halogens is 1. The lowest BCUT2D eigenvalue weighted by Gasteiger charge is -2.40. The van der Waals surface area contributed by atoms with Crippen molar-refractivity contribution in [3.8, 4) is 0 Å². The van der Waals surface area contributed by atoms with Gasteiger partial charge in [-0.2, -0.15) is 6.04 Å². The van der Waals surface area contributed by atoms with Gasteiger partial charge in [-0.05, 0) is 17.5 Å². The second kappa shape index (κ2) is 11.1. The van der Waals surface area contributed by atoms with Crippen LogP contribution in [0.15, 0.2) is 62.2 Å². The Bertz CT molecular complexity index is 525. The summed E-state index contributed by atoms with van der Waals surface area (Å²) >= 11 is 5.17. The van der Waals surface area contributed by atoms with Crippen LogP contribution in [0.3, 0.4) is 0 Å². The minimum atomic E-state index is -1.41. The van der Waals surface area contributed by atoms with Crippen LogP contribution >= 0.6 is 11.6 Å². The first-order valence-electron chi connectivity index (χ1n) is 8.28. The smallest absolute Gasteiger partial charge is 0.404 e. The molecule has 0 unspecified atom stereocenters. The fraction of sp³-hybridized carbons (Fsp3) is 0.350. The van der Waals surface area contributed by atoms with Gasteiger partial charge in [0.1, 0.15) is 6.61 Å². The number of rotatable bonds is 12. The zero-order valence-electron chi connectivity index (χ0n) is 14.3. The van der Waals surface area contributed by atoms with Crippen LogP contribution in [0.4, 0.5) is 4.79 Å². The summed E-state index contributed by atoms with van der Waals surface area (Å²) < 4.78 is 4.78. The molecule has 0 amide bonds. The van der Waals surface area contributed by atoms with Crippen molar-refractivity contribution in [3.05, 3.63) is 73.4 Å². The van der Waals surface area contributed by atoms with Crippen LogP contribution in [-0.2, 0) is 17.8 Å². The second-order valence-corrected chi connectivity index (χ2v) is 11.2. The maximum absolute atomic E-state index is 10.6. The summed E-state index contributed by atoms with van der Waals surface area (Å²) in [5, 5.41) is 0. The number of carbonyl (C=O) groups is 1. The Morgan fingerprint density at radius 1 is 1.00 bits per heavy atom. The molecule has 0 aromatic heterocycles. The first kappa shape index (κ1) is 20.5. The molecule has 1 aromatic carbocycles. The molecule has 0 bridgehead atoms. The van der Waals surface area contributed by atoms with E-state index in [4.69, 9.17) is 16.3 Å². The first-order chi connectivity index (χ1) is 11.5. The van der Waals surface area contributed by atoms with Crippen LogP contribution in [-0.4, -0.2) is 13.5 Å². The molecular formula is C20H27ClO2Si-. The van der Waals surface area contributed by atoms with Crippen molar-refractivity contribution in [1.29, 1.82) is 0 Å². The van der Waals surface area contributed by atoms with Gasteiger partial charge in [0.2, 0.25) is 0 Å². The Balaban J connectivity index is 2.57. The Morgan fingerprint density at radius 2 is 1.50 bits per heavy atom. The Hall–Kier alpha value is -1.58. The lowest BCUT2D eigenvalue weighted by atomic mass is 10.1. The highest BCUT2D eigenvalue weighted by Gasteiger charge is 2.15. The number of allylic oxidation sites excluding steroid dienone is 3. The zero-order valence-corrected chi connectivity index (χ0v) is 16.1. The van der Waals surface area contributed by atoms with Crippen molar-refractivity contribution < 1.29 is 9.53 Å². The van der Waals surface area contributed by atoms with Gasteiger partial charge in [0.15, 0.2) is 0 Å². The molecule has 0 atom stereocenters. The van der Waals surface area contributed by atoms with Crippen molar-refractivity contribution in [2.75, 3.05) is 0 Å². The highest BCUT2D eigenvalue weighted by atomic mass is 35.5. The highest BCUT2D eigenvalue weighted by Crippen LogP contribution is 2.29. The molecule has 1 aromatic rings. The topological polar surface area (TPSA) is 26.3 Å². The molecule has 2 nitrogen and oxygen atoms in total. The average molecular weight is 363 g/mol. The van der Waals surface area contributed by atoms with Crippen molar-refractivity contribution in [2.45, 2.75) is 43.6 Å². The molecule has 0 radical (unpaired) electrons. The summed E-state index contributed by atoms with van der Waals surface area (Å²) in [6.45, 7) is 12.0. The molecule has 0 fully saturated rings. The van der Waals surface area contributed by atoms with Crippen LogP contribution < -0.4 is 0 Å². The van der Waals surface area contributed by atoms with E-state index < -0.39 is 13.5 Å². The fourth-order valence-electron chi connectivity index (χ4n) is 3.08. The van der Waals surface area contributed by atoms with Crippen LogP contribution in [0, 0.1) is 0 Å². The second-order valence-electron chi connectivity index (χ2n) is 6.17. The lowest BCUT2D eigenvalue weighted by Crippen LogP contribution is -2.32. The maximum atomic E-state index is 10.6. The predicted octanol–water partition coefficient (Wildman–Crippen LogP) is 6.50. The van der Waals surface area contributed by atoms with E-state index in [0.717, 1.165) is 36.5 Å². The van der Waals surface area contributed by atoms with Crippen molar-refractivity contribution in [1.82, 2.24) is 0 Å². The van der Waals surface area contributed by atoms with E-state index in [9.17, 15) is 4.79 Å². The van der Waals surface area contributed by atoms with E-state index in [-0.39, 0.29) is 6.61 Å². The van der Waals surface area contributed by atoms with E-state index in [2.05, 4.69) is 50.1 Å². The van der Waals surface area contributed by atoms with Crippen LogP contribution in [0.1, 0.15) is 17.5 Å². The molecule has 1 rings (SSSR count). The standard InChI is InChI=1S/C20H27ClO2Si/c1-4-13-24(14-5-2,15-6-3)16-7-8-18-9-11-19(12-10-18)17-23-20(21)22/h4-6,9-12H,1-3,7-8,13-17H2/q-1. The van der Waals surface area contributed by atoms with Gasteiger partial charge < -0.3 is 4.74 Å². The zero-order chi connectivity index (χ0) is 17.8. The largest absolute Gasteiger partial charge is 0.449 e. The van der Waals surface area contributed by atoms with Gasteiger partial charge >= 0.3 is 5.43 Å². The summed E-state index contributed by atoms with van der Waals surface area (Å²) in [5.74, 6) is 0. The van der Waals surface area contributed by atoms with E-state index in [1.165, 1.54) is 11.6 Å². The summed E-state index contributed by atoms with van der Waals surface area (Å²) in [6, 6.07) is 12.8. The third-order valence-corrected chi connectivity index (χ3v) is 9.27. The highest BCUT2D eigenvalue weighted by molar-refractivity contribution is 6.81. The van der Waals surface area contributed by atoms with Crippen LogP contribution in [0.2, 0.25) is 24.2 Å². The van der Waals surface area contributed by atoms with Crippen LogP contribution in [0.5, 0.6) is 0 Å². The summed E-state index contributed by atoms with van der Waals surface area (Å²) in [4.78, 5) is 10.6. The van der Waals surface area contributed by atoms with Gasteiger partial charge in [0, 0.05) is 11.6 Å². The minimum absolute atomic E-state index is 0.219. The molecule has 4 heteroatoms. The number of aryl methyl sites for hydroxylation is 1. The van der Waals surface area contributed by atoms with E-state index in [1.807, 2.05) is 12.1 Å². The first-order valence-corrected chi connectivity index (χ1v) is 11.5. The molecule has 0 saturated carbocycles. The third kappa shape index (κ3) is 7.32. The van der Waals surface area contributed by atoms with Gasteiger partial charge in [0.25, 0.3) is 0 Å². The molecule has 0 saturated heterocycles. The van der Waals surface area contributed by atoms with Gasteiger partial charge in [0.05, 0.1) is 0 Å².